The number of hydrogen-bond donors (Lipinski definition) is 1. The van der Waals surface area contributed by atoms with E-state index >= 15 is 0 Å². The van der Waals surface area contributed by atoms with Crippen LogP contribution in [0.2, 0.25) is 0 Å². The lowest BCUT2D eigenvalue weighted by molar-refractivity contribution is 0.600. The predicted molar refractivity (Wildman–Crippen MR) is 74.8 cm³/mol. The molecule has 1 saturated heterocycles. The molecule has 1 aliphatic rings. The number of aromatic nitrogens is 2. The molecule has 106 valence electrons. The maximum Gasteiger partial charge on any atom is 0.151 e. The van der Waals surface area contributed by atoms with Gasteiger partial charge in [-0.05, 0) is 32.4 Å². The van der Waals surface area contributed by atoms with E-state index in [9.17, 15) is 8.42 Å². The molecule has 6 heteroatoms. The van der Waals surface area contributed by atoms with Crippen molar-refractivity contribution in [3.05, 3.63) is 23.3 Å². The van der Waals surface area contributed by atoms with E-state index in [-0.39, 0.29) is 17.4 Å². The number of nitrogens with zero attached hydrogens (tertiary/aromatic N) is 2. The van der Waals surface area contributed by atoms with E-state index in [2.05, 4.69) is 22.2 Å². The van der Waals surface area contributed by atoms with Crippen LogP contribution in [0.5, 0.6) is 0 Å². The Morgan fingerprint density at radius 3 is 2.84 bits per heavy atom. The van der Waals surface area contributed by atoms with Crippen molar-refractivity contribution in [1.29, 1.82) is 0 Å². The van der Waals surface area contributed by atoms with E-state index in [1.165, 1.54) is 0 Å². The minimum absolute atomic E-state index is 0.0326. The lowest BCUT2D eigenvalue weighted by Crippen LogP contribution is -2.17. The highest BCUT2D eigenvalue weighted by Gasteiger charge is 2.31. The van der Waals surface area contributed by atoms with Crippen LogP contribution in [0, 0.1) is 6.92 Å². The Labute approximate surface area is 114 Å². The Kier molecular flexibility index (Phi) is 4.52. The maximum atomic E-state index is 11.5. The molecule has 1 fully saturated rings. The zero-order valence-corrected chi connectivity index (χ0v) is 12.3. The van der Waals surface area contributed by atoms with E-state index in [1.807, 2.05) is 13.0 Å². The Balaban J connectivity index is 2.13. The highest BCUT2D eigenvalue weighted by Crippen LogP contribution is 2.26. The first kappa shape index (κ1) is 14.4. The molecule has 0 saturated carbocycles. The Hall–Kier alpha value is -1.01. The van der Waals surface area contributed by atoms with Crippen molar-refractivity contribution in [2.24, 2.45) is 0 Å². The van der Waals surface area contributed by atoms with Gasteiger partial charge in [0.05, 0.1) is 17.2 Å². The summed E-state index contributed by atoms with van der Waals surface area (Å²) in [7, 11) is -2.89. The second-order valence-electron chi connectivity index (χ2n) is 5.14. The Bertz CT molecular complexity index is 543. The largest absolute Gasteiger partial charge is 0.311 e. The van der Waals surface area contributed by atoms with Crippen LogP contribution in [0.4, 0.5) is 0 Å². The smallest absolute Gasteiger partial charge is 0.151 e. The van der Waals surface area contributed by atoms with Crippen molar-refractivity contribution in [2.75, 3.05) is 18.1 Å². The fourth-order valence-electron chi connectivity index (χ4n) is 2.32. The predicted octanol–water partition coefficient (Wildman–Crippen LogP) is 1.19. The van der Waals surface area contributed by atoms with Gasteiger partial charge in [-0.25, -0.2) is 18.4 Å². The van der Waals surface area contributed by atoms with Crippen molar-refractivity contribution < 1.29 is 8.42 Å². The molecular formula is C13H21N3O2S. The van der Waals surface area contributed by atoms with Crippen molar-refractivity contribution in [3.63, 3.8) is 0 Å². The number of hydrogen-bond acceptors (Lipinski definition) is 5. The molecule has 2 rings (SSSR count). The van der Waals surface area contributed by atoms with Crippen LogP contribution in [-0.4, -0.2) is 36.4 Å². The molecule has 0 aliphatic carbocycles. The van der Waals surface area contributed by atoms with Crippen LogP contribution in [-0.2, 0) is 16.4 Å². The normalized spacial score (nSPS) is 21.7. The summed E-state index contributed by atoms with van der Waals surface area (Å²) in [6.07, 6.45) is 1.73. The summed E-state index contributed by atoms with van der Waals surface area (Å²) >= 11 is 0. The van der Waals surface area contributed by atoms with Gasteiger partial charge in [0.25, 0.3) is 0 Å². The molecule has 0 amide bonds. The van der Waals surface area contributed by atoms with E-state index in [4.69, 9.17) is 0 Å². The number of rotatable bonds is 5. The third kappa shape index (κ3) is 3.98. The van der Waals surface area contributed by atoms with Crippen LogP contribution >= 0.6 is 0 Å². The molecule has 1 aromatic rings. The quantitative estimate of drug-likeness (QED) is 0.822. The summed E-state index contributed by atoms with van der Waals surface area (Å²) in [5.74, 6) is 1.11. The van der Waals surface area contributed by atoms with Gasteiger partial charge in [0.2, 0.25) is 0 Å². The topological polar surface area (TPSA) is 72.0 Å². The highest BCUT2D eigenvalue weighted by atomic mass is 32.2. The maximum absolute atomic E-state index is 11.5. The van der Waals surface area contributed by atoms with Crippen molar-refractivity contribution in [2.45, 2.75) is 39.2 Å². The van der Waals surface area contributed by atoms with Gasteiger partial charge in [-0.3, -0.25) is 0 Å². The van der Waals surface area contributed by atoms with Crippen molar-refractivity contribution >= 4 is 9.84 Å². The molecule has 1 N–H and O–H groups in total. The summed E-state index contributed by atoms with van der Waals surface area (Å²) in [5.41, 5.74) is 1.85. The Morgan fingerprint density at radius 1 is 1.42 bits per heavy atom. The van der Waals surface area contributed by atoms with E-state index < -0.39 is 9.84 Å². The van der Waals surface area contributed by atoms with Gasteiger partial charge in [0, 0.05) is 18.2 Å². The summed E-state index contributed by atoms with van der Waals surface area (Å²) in [5, 5.41) is 3.30. The molecule has 0 bridgehead atoms. The second kappa shape index (κ2) is 5.96. The number of nitrogens with one attached hydrogen (secondary N) is 1. The van der Waals surface area contributed by atoms with Crippen LogP contribution in [0.15, 0.2) is 6.07 Å². The third-order valence-corrected chi connectivity index (χ3v) is 5.02. The standard InChI is InChI=1S/C13H21N3O2S/c1-3-5-14-8-12-7-10(2)15-13(16-12)11-4-6-19(17,18)9-11/h7,11,14H,3-6,8-9H2,1-2H3. The number of sulfone groups is 1. The van der Waals surface area contributed by atoms with Gasteiger partial charge in [-0.15, -0.1) is 0 Å². The summed E-state index contributed by atoms with van der Waals surface area (Å²) in [6.45, 7) is 5.71. The fourth-order valence-corrected chi connectivity index (χ4v) is 4.06. The second-order valence-corrected chi connectivity index (χ2v) is 7.36. The molecular weight excluding hydrogens is 262 g/mol. The minimum Gasteiger partial charge on any atom is -0.311 e. The van der Waals surface area contributed by atoms with Crippen LogP contribution in [0.3, 0.4) is 0 Å². The first-order valence-electron chi connectivity index (χ1n) is 6.76. The lowest BCUT2D eigenvalue weighted by atomic mass is 10.1. The SMILES string of the molecule is CCCNCc1cc(C)nc(C2CCS(=O)(=O)C2)n1. The van der Waals surface area contributed by atoms with Crippen LogP contribution < -0.4 is 5.32 Å². The third-order valence-electron chi connectivity index (χ3n) is 3.26. The van der Waals surface area contributed by atoms with Crippen LogP contribution in [0.1, 0.15) is 42.9 Å². The average molecular weight is 283 g/mol. The molecule has 19 heavy (non-hydrogen) atoms. The van der Waals surface area contributed by atoms with Gasteiger partial charge in [0.15, 0.2) is 9.84 Å². The minimum atomic E-state index is -2.89. The van der Waals surface area contributed by atoms with Crippen LogP contribution in [0.25, 0.3) is 0 Å². The summed E-state index contributed by atoms with van der Waals surface area (Å²) in [6, 6.07) is 1.95. The zero-order valence-electron chi connectivity index (χ0n) is 11.5. The molecule has 0 radical (unpaired) electrons. The molecule has 1 aliphatic heterocycles. The van der Waals surface area contributed by atoms with Gasteiger partial charge >= 0.3 is 0 Å². The summed E-state index contributed by atoms with van der Waals surface area (Å²) < 4.78 is 23.1. The molecule has 0 aromatic carbocycles. The average Bonchev–Trinajstić information content (AvgIpc) is 2.69. The first-order chi connectivity index (χ1) is 9.00. The fraction of sp³-hybridized carbons (Fsp3) is 0.692. The van der Waals surface area contributed by atoms with E-state index in [0.29, 0.717) is 18.8 Å². The van der Waals surface area contributed by atoms with Gasteiger partial charge < -0.3 is 5.32 Å². The summed E-state index contributed by atoms with van der Waals surface area (Å²) in [4.78, 5) is 8.92. The highest BCUT2D eigenvalue weighted by molar-refractivity contribution is 7.91. The molecule has 1 aromatic heterocycles. The molecule has 2 heterocycles. The van der Waals surface area contributed by atoms with Gasteiger partial charge in [-0.1, -0.05) is 6.92 Å². The molecule has 5 nitrogen and oxygen atoms in total. The van der Waals surface area contributed by atoms with Crippen molar-refractivity contribution in [1.82, 2.24) is 15.3 Å². The first-order valence-corrected chi connectivity index (χ1v) is 8.58. The monoisotopic (exact) mass is 283 g/mol. The van der Waals surface area contributed by atoms with Gasteiger partial charge in [-0.2, -0.15) is 0 Å². The zero-order chi connectivity index (χ0) is 13.9. The van der Waals surface area contributed by atoms with Crippen molar-refractivity contribution in [3.8, 4) is 0 Å². The molecule has 0 spiro atoms. The van der Waals surface area contributed by atoms with E-state index in [1.54, 1.807) is 0 Å². The van der Waals surface area contributed by atoms with E-state index in [0.717, 1.165) is 24.4 Å². The van der Waals surface area contributed by atoms with Gasteiger partial charge in [0.1, 0.15) is 5.82 Å². The molecule has 1 atom stereocenters. The number of aryl methyl sites for hydroxylation is 1. The lowest BCUT2D eigenvalue weighted by Gasteiger charge is -2.10. The Morgan fingerprint density at radius 2 is 2.21 bits per heavy atom. The molecule has 1 unspecified atom stereocenters.